The van der Waals surface area contributed by atoms with Crippen molar-refractivity contribution < 1.29 is 29.6 Å². The SMILES string of the molecule is COc1cc(/C=C/C(=O)N(CCCCN)C(=O)/C=C/c2ccc(O)c(O)c2)ccc1O. The number of hydrogen-bond acceptors (Lipinski definition) is 7. The number of methoxy groups -OCH3 is 1. The van der Waals surface area contributed by atoms with Crippen LogP contribution in [0.25, 0.3) is 12.2 Å². The summed E-state index contributed by atoms with van der Waals surface area (Å²) in [5.41, 5.74) is 6.62. The fourth-order valence-electron chi connectivity index (χ4n) is 2.70. The average molecular weight is 426 g/mol. The number of nitrogens with two attached hydrogens (primary N) is 1. The second-order valence-electron chi connectivity index (χ2n) is 6.67. The lowest BCUT2D eigenvalue weighted by Gasteiger charge is -2.17. The number of aromatic hydroxyl groups is 3. The predicted molar refractivity (Wildman–Crippen MR) is 118 cm³/mol. The minimum atomic E-state index is -0.525. The molecule has 0 unspecified atom stereocenters. The number of imide groups is 1. The Morgan fingerprint density at radius 2 is 1.48 bits per heavy atom. The molecule has 8 nitrogen and oxygen atoms in total. The summed E-state index contributed by atoms with van der Waals surface area (Å²) in [4.78, 5) is 26.4. The molecule has 5 N–H and O–H groups in total. The summed E-state index contributed by atoms with van der Waals surface area (Å²) < 4.78 is 5.05. The van der Waals surface area contributed by atoms with Crippen molar-refractivity contribution in [1.82, 2.24) is 4.90 Å². The van der Waals surface area contributed by atoms with Crippen LogP contribution in [-0.4, -0.2) is 52.2 Å². The number of nitrogens with zero attached hydrogens (tertiary/aromatic N) is 1. The summed E-state index contributed by atoms with van der Waals surface area (Å²) in [5, 5.41) is 28.6. The number of benzene rings is 2. The first-order valence-electron chi connectivity index (χ1n) is 9.66. The van der Waals surface area contributed by atoms with E-state index < -0.39 is 11.8 Å². The van der Waals surface area contributed by atoms with Gasteiger partial charge < -0.3 is 25.8 Å². The van der Waals surface area contributed by atoms with Crippen LogP contribution in [0.3, 0.4) is 0 Å². The van der Waals surface area contributed by atoms with Crippen LogP contribution in [0.1, 0.15) is 24.0 Å². The zero-order valence-electron chi connectivity index (χ0n) is 17.2. The Balaban J connectivity index is 2.17. The molecule has 0 spiro atoms. The topological polar surface area (TPSA) is 133 Å². The molecule has 0 radical (unpaired) electrons. The quantitative estimate of drug-likeness (QED) is 0.275. The van der Waals surface area contributed by atoms with E-state index in [-0.39, 0.29) is 29.5 Å². The Morgan fingerprint density at radius 3 is 2.03 bits per heavy atom. The van der Waals surface area contributed by atoms with Crippen molar-refractivity contribution in [3.8, 4) is 23.0 Å². The molecular formula is C23H26N2O6. The summed E-state index contributed by atoms with van der Waals surface area (Å²) in [7, 11) is 1.42. The second-order valence-corrected chi connectivity index (χ2v) is 6.67. The number of carbonyl (C=O) groups is 2. The number of hydrogen-bond donors (Lipinski definition) is 4. The van der Waals surface area contributed by atoms with Gasteiger partial charge in [0.2, 0.25) is 0 Å². The number of ether oxygens (including phenoxy) is 1. The largest absolute Gasteiger partial charge is 0.504 e. The monoisotopic (exact) mass is 426 g/mol. The van der Waals surface area contributed by atoms with Gasteiger partial charge in [-0.05, 0) is 66.9 Å². The molecule has 0 bridgehead atoms. The molecule has 0 aromatic heterocycles. The Labute approximate surface area is 180 Å². The first kappa shape index (κ1) is 23.5. The summed E-state index contributed by atoms with van der Waals surface area (Å²) in [6, 6.07) is 8.76. The number of phenols is 3. The van der Waals surface area contributed by atoms with Gasteiger partial charge in [0.05, 0.1) is 7.11 Å². The number of amides is 2. The Kier molecular flexibility index (Phi) is 8.65. The summed E-state index contributed by atoms with van der Waals surface area (Å²) >= 11 is 0. The van der Waals surface area contributed by atoms with Gasteiger partial charge in [0.15, 0.2) is 23.0 Å². The summed E-state index contributed by atoms with van der Waals surface area (Å²) in [5.74, 6) is -1.36. The molecule has 164 valence electrons. The lowest BCUT2D eigenvalue weighted by Crippen LogP contribution is -2.35. The van der Waals surface area contributed by atoms with Crippen molar-refractivity contribution in [2.24, 2.45) is 5.73 Å². The van der Waals surface area contributed by atoms with Gasteiger partial charge in [0.25, 0.3) is 11.8 Å². The molecule has 0 fully saturated rings. The van der Waals surface area contributed by atoms with E-state index in [1.54, 1.807) is 12.1 Å². The molecule has 0 aliphatic heterocycles. The van der Waals surface area contributed by atoms with Crippen molar-refractivity contribution in [3.05, 3.63) is 59.7 Å². The molecule has 31 heavy (non-hydrogen) atoms. The number of rotatable bonds is 9. The first-order chi connectivity index (χ1) is 14.8. The van der Waals surface area contributed by atoms with Crippen molar-refractivity contribution in [1.29, 1.82) is 0 Å². The molecule has 0 atom stereocenters. The average Bonchev–Trinajstić information content (AvgIpc) is 2.76. The van der Waals surface area contributed by atoms with Crippen LogP contribution in [0.2, 0.25) is 0 Å². The maximum absolute atomic E-state index is 12.7. The van der Waals surface area contributed by atoms with Crippen molar-refractivity contribution in [2.45, 2.75) is 12.8 Å². The number of unbranched alkanes of at least 4 members (excludes halogenated alkanes) is 1. The van der Waals surface area contributed by atoms with Crippen LogP contribution in [0.15, 0.2) is 48.6 Å². The first-order valence-corrected chi connectivity index (χ1v) is 9.66. The number of carbonyl (C=O) groups excluding carboxylic acids is 2. The van der Waals surface area contributed by atoms with Gasteiger partial charge in [0, 0.05) is 18.7 Å². The highest BCUT2D eigenvalue weighted by Crippen LogP contribution is 2.27. The molecule has 0 aliphatic carbocycles. The van der Waals surface area contributed by atoms with Gasteiger partial charge in [-0.25, -0.2) is 0 Å². The van der Waals surface area contributed by atoms with Gasteiger partial charge in [-0.15, -0.1) is 0 Å². The molecule has 2 amide bonds. The van der Waals surface area contributed by atoms with Crippen molar-refractivity contribution in [2.75, 3.05) is 20.2 Å². The third kappa shape index (κ3) is 6.90. The summed E-state index contributed by atoms with van der Waals surface area (Å²) in [6.45, 7) is 0.644. The van der Waals surface area contributed by atoms with E-state index in [9.17, 15) is 24.9 Å². The second kappa shape index (κ2) is 11.4. The lowest BCUT2D eigenvalue weighted by atomic mass is 10.1. The van der Waals surface area contributed by atoms with Gasteiger partial charge in [-0.3, -0.25) is 14.5 Å². The highest BCUT2D eigenvalue weighted by atomic mass is 16.5. The Bertz CT molecular complexity index is 984. The van der Waals surface area contributed by atoms with Crippen LogP contribution in [0.4, 0.5) is 0 Å². The third-order valence-corrected chi connectivity index (χ3v) is 4.41. The molecule has 2 aromatic rings. The van der Waals surface area contributed by atoms with Crippen molar-refractivity contribution >= 4 is 24.0 Å². The van der Waals surface area contributed by atoms with E-state index in [1.165, 1.54) is 55.7 Å². The fourth-order valence-corrected chi connectivity index (χ4v) is 2.70. The maximum atomic E-state index is 12.7. The smallest absolute Gasteiger partial charge is 0.253 e. The van der Waals surface area contributed by atoms with E-state index in [0.29, 0.717) is 30.5 Å². The highest BCUT2D eigenvalue weighted by molar-refractivity contribution is 6.07. The Morgan fingerprint density at radius 1 is 0.903 bits per heavy atom. The number of phenolic OH excluding ortho intramolecular Hbond substituents is 3. The van der Waals surface area contributed by atoms with Gasteiger partial charge >= 0.3 is 0 Å². The molecule has 2 aromatic carbocycles. The van der Waals surface area contributed by atoms with E-state index in [2.05, 4.69) is 0 Å². The third-order valence-electron chi connectivity index (χ3n) is 4.41. The highest BCUT2D eigenvalue weighted by Gasteiger charge is 2.17. The molecular weight excluding hydrogens is 400 g/mol. The van der Waals surface area contributed by atoms with Gasteiger partial charge in [-0.2, -0.15) is 0 Å². The van der Waals surface area contributed by atoms with E-state index in [0.717, 1.165) is 4.90 Å². The molecule has 8 heteroatoms. The molecule has 2 rings (SSSR count). The molecule has 0 aliphatic rings. The maximum Gasteiger partial charge on any atom is 0.253 e. The van der Waals surface area contributed by atoms with Crippen molar-refractivity contribution in [3.63, 3.8) is 0 Å². The molecule has 0 heterocycles. The molecule has 0 saturated heterocycles. The fraction of sp³-hybridized carbons (Fsp3) is 0.217. The van der Waals surface area contributed by atoms with Crippen LogP contribution in [-0.2, 0) is 9.59 Å². The van der Waals surface area contributed by atoms with E-state index in [1.807, 2.05) is 0 Å². The predicted octanol–water partition coefficient (Wildman–Crippen LogP) is 2.63. The van der Waals surface area contributed by atoms with Crippen LogP contribution in [0.5, 0.6) is 23.0 Å². The van der Waals surface area contributed by atoms with E-state index >= 15 is 0 Å². The van der Waals surface area contributed by atoms with Crippen LogP contribution < -0.4 is 10.5 Å². The van der Waals surface area contributed by atoms with Crippen LogP contribution in [0, 0.1) is 0 Å². The minimum absolute atomic E-state index is 0.0185. The lowest BCUT2D eigenvalue weighted by molar-refractivity contribution is -0.138. The zero-order chi connectivity index (χ0) is 22.8. The standard InChI is InChI=1S/C23H26N2O6/c1-31-21-15-17(5-9-19(21)27)7-11-23(30)25(13-3-2-12-24)22(29)10-6-16-4-8-18(26)20(28)14-16/h4-11,14-15,26-28H,2-3,12-13,24H2,1H3/b10-6+,11-7+. The van der Waals surface area contributed by atoms with Gasteiger partial charge in [0.1, 0.15) is 0 Å². The zero-order valence-corrected chi connectivity index (χ0v) is 17.2. The molecule has 0 saturated carbocycles. The Hall–Kier alpha value is -3.78. The van der Waals surface area contributed by atoms with Gasteiger partial charge in [-0.1, -0.05) is 12.1 Å². The normalized spacial score (nSPS) is 11.2. The summed E-state index contributed by atoms with van der Waals surface area (Å²) in [6.07, 6.45) is 6.68. The van der Waals surface area contributed by atoms with Crippen LogP contribution >= 0.6 is 0 Å². The van der Waals surface area contributed by atoms with E-state index in [4.69, 9.17) is 10.5 Å². The minimum Gasteiger partial charge on any atom is -0.504 e.